The first-order chi connectivity index (χ1) is 7.99. The predicted octanol–water partition coefficient (Wildman–Crippen LogP) is 1.78. The van der Waals surface area contributed by atoms with E-state index in [-0.39, 0.29) is 18.9 Å². The van der Waals surface area contributed by atoms with E-state index >= 15 is 0 Å². The van der Waals surface area contributed by atoms with Gasteiger partial charge in [0, 0.05) is 25.2 Å². The van der Waals surface area contributed by atoms with Crippen LogP contribution in [0.15, 0.2) is 12.3 Å². The van der Waals surface area contributed by atoms with Crippen molar-refractivity contribution in [3.8, 4) is 0 Å². The molecule has 90 valence electrons. The summed E-state index contributed by atoms with van der Waals surface area (Å²) in [6.45, 7) is 0.151. The molecule has 1 aromatic rings. The zero-order chi connectivity index (χ0) is 12.6. The normalized spacial score (nSPS) is 19.8. The molecule has 1 aromatic heterocycles. The van der Waals surface area contributed by atoms with Crippen molar-refractivity contribution in [2.24, 2.45) is 5.92 Å². The third-order valence-electron chi connectivity index (χ3n) is 2.54. The fraction of sp³-hybridized carbons (Fsp3) is 0.300. The van der Waals surface area contributed by atoms with Gasteiger partial charge in [0.05, 0.1) is 14.5 Å². The fourth-order valence-corrected chi connectivity index (χ4v) is 2.09. The van der Waals surface area contributed by atoms with Crippen molar-refractivity contribution in [3.63, 3.8) is 0 Å². The number of carbonyl (C=O) groups excluding carboxylic acids is 1. The highest BCUT2D eigenvalue weighted by Gasteiger charge is 2.35. The second kappa shape index (κ2) is 4.77. The smallest absolute Gasteiger partial charge is 0.308 e. The first-order valence-corrected chi connectivity index (χ1v) is 6.29. The average Bonchev–Trinajstić information content (AvgIpc) is 2.65. The van der Waals surface area contributed by atoms with Crippen LogP contribution >= 0.6 is 34.2 Å². The number of nitrogens with zero attached hydrogens (tertiary/aromatic N) is 2. The molecule has 7 heteroatoms. The van der Waals surface area contributed by atoms with Crippen molar-refractivity contribution in [2.45, 2.75) is 6.42 Å². The number of carboxylic acids is 1. The topological polar surface area (TPSA) is 70.5 Å². The number of hydrogen-bond donors (Lipinski definition) is 1. The average molecular weight is 367 g/mol. The van der Waals surface area contributed by atoms with Crippen LogP contribution in [0, 0.1) is 9.49 Å². The maximum atomic E-state index is 11.7. The molecule has 2 heterocycles. The van der Waals surface area contributed by atoms with Gasteiger partial charge in [-0.05, 0) is 22.6 Å². The Morgan fingerprint density at radius 3 is 2.88 bits per heavy atom. The van der Waals surface area contributed by atoms with Crippen molar-refractivity contribution < 1.29 is 14.7 Å². The van der Waals surface area contributed by atoms with Gasteiger partial charge in [0.25, 0.3) is 0 Å². The quantitative estimate of drug-likeness (QED) is 0.810. The molecule has 1 aliphatic heterocycles. The van der Waals surface area contributed by atoms with Crippen molar-refractivity contribution >= 4 is 51.9 Å². The molecule has 0 saturated carbocycles. The Balaban J connectivity index is 2.26. The maximum absolute atomic E-state index is 11.7. The van der Waals surface area contributed by atoms with Gasteiger partial charge in [-0.3, -0.25) is 14.5 Å². The highest BCUT2D eigenvalue weighted by molar-refractivity contribution is 14.1. The van der Waals surface area contributed by atoms with E-state index in [1.807, 2.05) is 22.6 Å². The van der Waals surface area contributed by atoms with Crippen LogP contribution in [-0.4, -0.2) is 28.5 Å². The van der Waals surface area contributed by atoms with E-state index in [4.69, 9.17) is 16.7 Å². The SMILES string of the molecule is O=C(O)C1CC(=O)N(c2cc(Cl)c(I)cn2)C1. The van der Waals surface area contributed by atoms with Gasteiger partial charge in [0.15, 0.2) is 0 Å². The first-order valence-electron chi connectivity index (χ1n) is 4.83. The molecule has 1 amide bonds. The van der Waals surface area contributed by atoms with Gasteiger partial charge in [0.2, 0.25) is 5.91 Å². The Morgan fingerprint density at radius 2 is 2.35 bits per heavy atom. The van der Waals surface area contributed by atoms with Crippen LogP contribution in [0.3, 0.4) is 0 Å². The highest BCUT2D eigenvalue weighted by atomic mass is 127. The molecule has 5 nitrogen and oxygen atoms in total. The largest absolute Gasteiger partial charge is 0.481 e. The van der Waals surface area contributed by atoms with Gasteiger partial charge < -0.3 is 5.11 Å². The van der Waals surface area contributed by atoms with Crippen LogP contribution in [0.1, 0.15) is 6.42 Å². The molecule has 0 aliphatic carbocycles. The van der Waals surface area contributed by atoms with Crippen LogP contribution in [-0.2, 0) is 9.59 Å². The number of amides is 1. The summed E-state index contributed by atoms with van der Waals surface area (Å²) in [6.07, 6.45) is 1.57. The first kappa shape index (κ1) is 12.6. The number of carboxylic acid groups (broad SMARTS) is 1. The third kappa shape index (κ3) is 2.52. The molecule has 1 unspecified atom stereocenters. The Labute approximate surface area is 116 Å². The number of pyridine rings is 1. The lowest BCUT2D eigenvalue weighted by Gasteiger charge is -2.15. The number of aromatic nitrogens is 1. The lowest BCUT2D eigenvalue weighted by atomic mass is 10.1. The summed E-state index contributed by atoms with van der Waals surface area (Å²) in [4.78, 5) is 27.9. The molecule has 0 radical (unpaired) electrons. The Hall–Kier alpha value is -0.890. The minimum atomic E-state index is -0.961. The van der Waals surface area contributed by atoms with Crippen LogP contribution in [0.5, 0.6) is 0 Å². The molecule has 1 saturated heterocycles. The van der Waals surface area contributed by atoms with Gasteiger partial charge in [0.1, 0.15) is 5.82 Å². The molecule has 0 spiro atoms. The molecule has 1 atom stereocenters. The monoisotopic (exact) mass is 366 g/mol. The van der Waals surface area contributed by atoms with Gasteiger partial charge in [-0.1, -0.05) is 11.6 Å². The zero-order valence-corrected chi connectivity index (χ0v) is 11.5. The van der Waals surface area contributed by atoms with Crippen molar-refractivity contribution in [3.05, 3.63) is 20.9 Å². The molecule has 0 aromatic carbocycles. The standard InChI is InChI=1S/C10H8ClIN2O3/c11-6-2-8(13-3-7(6)12)14-4-5(10(16)17)1-9(14)15/h2-3,5H,1,4H2,(H,16,17). The summed E-state index contributed by atoms with van der Waals surface area (Å²) < 4.78 is 0.787. The van der Waals surface area contributed by atoms with Gasteiger partial charge in [-0.25, -0.2) is 4.98 Å². The lowest BCUT2D eigenvalue weighted by molar-refractivity contribution is -0.141. The molecular weight excluding hydrogens is 358 g/mol. The Kier molecular flexibility index (Phi) is 3.53. The molecule has 0 bridgehead atoms. The van der Waals surface area contributed by atoms with E-state index < -0.39 is 11.9 Å². The number of hydrogen-bond acceptors (Lipinski definition) is 3. The number of carbonyl (C=O) groups is 2. The van der Waals surface area contributed by atoms with Crippen molar-refractivity contribution in [1.82, 2.24) is 4.98 Å². The molecule has 17 heavy (non-hydrogen) atoms. The summed E-state index contributed by atoms with van der Waals surface area (Å²) in [6, 6.07) is 1.57. The summed E-state index contributed by atoms with van der Waals surface area (Å²) >= 11 is 7.97. The number of halogens is 2. The lowest BCUT2D eigenvalue weighted by Crippen LogP contribution is -2.26. The van der Waals surface area contributed by atoms with Gasteiger partial charge >= 0.3 is 5.97 Å². The number of rotatable bonds is 2. The Bertz CT molecular complexity index is 494. The van der Waals surface area contributed by atoms with E-state index in [1.54, 1.807) is 12.3 Å². The summed E-state index contributed by atoms with van der Waals surface area (Å²) in [5, 5.41) is 9.37. The molecule has 1 N–H and O–H groups in total. The minimum Gasteiger partial charge on any atom is -0.481 e. The third-order valence-corrected chi connectivity index (χ3v) is 4.04. The van der Waals surface area contributed by atoms with Crippen LogP contribution < -0.4 is 4.90 Å². The minimum absolute atomic E-state index is 0.0145. The summed E-state index contributed by atoms with van der Waals surface area (Å²) in [5.74, 6) is -1.45. The van der Waals surface area contributed by atoms with Crippen LogP contribution in [0.25, 0.3) is 0 Å². The van der Waals surface area contributed by atoms with Gasteiger partial charge in [-0.15, -0.1) is 0 Å². The van der Waals surface area contributed by atoms with Crippen molar-refractivity contribution in [1.29, 1.82) is 0 Å². The molecule has 1 aliphatic rings. The second-order valence-electron chi connectivity index (χ2n) is 3.70. The summed E-state index contributed by atoms with van der Waals surface area (Å²) in [7, 11) is 0. The molecule has 1 fully saturated rings. The second-order valence-corrected chi connectivity index (χ2v) is 5.27. The summed E-state index contributed by atoms with van der Waals surface area (Å²) in [5.41, 5.74) is 0. The van der Waals surface area contributed by atoms with E-state index in [0.29, 0.717) is 10.8 Å². The number of aliphatic carboxylic acids is 1. The molecule has 2 rings (SSSR count). The van der Waals surface area contributed by atoms with E-state index in [1.165, 1.54) is 4.90 Å². The van der Waals surface area contributed by atoms with Gasteiger partial charge in [-0.2, -0.15) is 0 Å². The zero-order valence-electron chi connectivity index (χ0n) is 8.56. The molecular formula is C10H8ClIN2O3. The maximum Gasteiger partial charge on any atom is 0.308 e. The highest BCUT2D eigenvalue weighted by Crippen LogP contribution is 2.27. The van der Waals surface area contributed by atoms with E-state index in [2.05, 4.69) is 4.98 Å². The predicted molar refractivity (Wildman–Crippen MR) is 70.1 cm³/mol. The fourth-order valence-electron chi connectivity index (χ4n) is 1.65. The van der Waals surface area contributed by atoms with E-state index in [0.717, 1.165) is 3.57 Å². The van der Waals surface area contributed by atoms with Crippen LogP contribution in [0.2, 0.25) is 5.02 Å². The van der Waals surface area contributed by atoms with Crippen molar-refractivity contribution in [2.75, 3.05) is 11.4 Å². The Morgan fingerprint density at radius 1 is 1.65 bits per heavy atom. The van der Waals surface area contributed by atoms with Crippen LogP contribution in [0.4, 0.5) is 5.82 Å². The number of anilines is 1. The van der Waals surface area contributed by atoms with E-state index in [9.17, 15) is 9.59 Å².